The van der Waals surface area contributed by atoms with Crippen molar-refractivity contribution in [3.8, 4) is 11.5 Å². The van der Waals surface area contributed by atoms with Crippen LogP contribution in [0.5, 0.6) is 11.5 Å². The zero-order valence-corrected chi connectivity index (χ0v) is 19.1. The van der Waals surface area contributed by atoms with E-state index in [1.54, 1.807) is 18.1 Å². The first kappa shape index (κ1) is 19.5. The number of nitrogens with zero attached hydrogens (tertiary/aromatic N) is 1. The Morgan fingerprint density at radius 2 is 2.03 bits per heavy atom. The molecule has 152 valence electrons. The average Bonchev–Trinajstić information content (AvgIpc) is 3.34. The summed E-state index contributed by atoms with van der Waals surface area (Å²) in [6.45, 7) is 2.55. The molecule has 0 unspecified atom stereocenters. The fraction of sp³-hybridized carbons (Fsp3) is 0.208. The summed E-state index contributed by atoms with van der Waals surface area (Å²) in [5.41, 5.74) is 2.94. The van der Waals surface area contributed by atoms with Crippen LogP contribution in [0.2, 0.25) is 0 Å². The number of benzene rings is 3. The van der Waals surface area contributed by atoms with Gasteiger partial charge in [-0.15, -0.1) is 0 Å². The van der Waals surface area contributed by atoms with Crippen molar-refractivity contribution < 1.29 is 14.6 Å². The number of phenols is 1. The van der Waals surface area contributed by atoms with E-state index < -0.39 is 0 Å². The van der Waals surface area contributed by atoms with Crippen molar-refractivity contribution in [3.05, 3.63) is 64.1 Å². The van der Waals surface area contributed by atoms with Gasteiger partial charge in [0.15, 0.2) is 0 Å². The van der Waals surface area contributed by atoms with Crippen molar-refractivity contribution in [2.45, 2.75) is 12.8 Å². The number of rotatable bonds is 3. The normalized spacial score (nSPS) is 15.7. The number of phenolic OH excluding ortho intramolecular Hbond substituents is 1. The number of fused-ring (bicyclic) bond motifs is 4. The van der Waals surface area contributed by atoms with Crippen LogP contribution in [0.25, 0.3) is 20.4 Å². The fourth-order valence-corrected chi connectivity index (χ4v) is 6.72. The Labute approximate surface area is 185 Å². The van der Waals surface area contributed by atoms with Gasteiger partial charge in [-0.2, -0.15) is 0 Å². The van der Waals surface area contributed by atoms with Crippen molar-refractivity contribution in [1.82, 2.24) is 0 Å². The molecule has 5 rings (SSSR count). The molecule has 6 heteroatoms. The summed E-state index contributed by atoms with van der Waals surface area (Å²) in [7, 11) is 1.65. The summed E-state index contributed by atoms with van der Waals surface area (Å²) in [4.78, 5) is 15.3. The number of carbonyl (C=O) groups excluding carboxylic acids is 1. The van der Waals surface area contributed by atoms with E-state index in [1.165, 1.54) is 0 Å². The molecule has 4 nitrogen and oxygen atoms in total. The van der Waals surface area contributed by atoms with E-state index in [0.717, 1.165) is 47.4 Å². The van der Waals surface area contributed by atoms with Crippen molar-refractivity contribution in [1.29, 1.82) is 0 Å². The monoisotopic (exact) mass is 485 g/mol. The average molecular weight is 485 g/mol. The molecule has 0 aliphatic carbocycles. The Hall–Kier alpha value is -2.46. The molecule has 1 aliphatic heterocycles. The third-order valence-electron chi connectivity index (χ3n) is 5.76. The molecule has 0 spiro atoms. The summed E-state index contributed by atoms with van der Waals surface area (Å²) >= 11 is 6.24. The number of hydrogen-bond acceptors (Lipinski definition) is 3. The molecule has 0 fully saturated rings. The Bertz CT molecular complexity index is 1310. The topological polar surface area (TPSA) is 49.8 Å². The van der Waals surface area contributed by atoms with Crippen LogP contribution in [-0.4, -0.2) is 45.1 Å². The van der Waals surface area contributed by atoms with Crippen molar-refractivity contribution in [2.75, 3.05) is 24.4 Å². The second kappa shape index (κ2) is 7.35. The summed E-state index contributed by atoms with van der Waals surface area (Å²) in [5.74, 6) is 1.44. The Balaban J connectivity index is 1.63. The molecule has 0 bridgehead atoms. The van der Waals surface area contributed by atoms with Gasteiger partial charge in [-0.05, 0) is 0 Å². The molecule has 2 heterocycles. The van der Waals surface area contributed by atoms with Gasteiger partial charge in [0.05, 0.1) is 0 Å². The van der Waals surface area contributed by atoms with Crippen molar-refractivity contribution in [2.24, 2.45) is 0 Å². The van der Waals surface area contributed by atoms with E-state index in [1.807, 2.05) is 43.3 Å². The van der Waals surface area contributed by atoms with Gasteiger partial charge in [0.1, 0.15) is 0 Å². The molecule has 1 aliphatic rings. The summed E-state index contributed by atoms with van der Waals surface area (Å²) in [6, 6.07) is 15.6. The number of amides is 1. The number of anilines is 1. The van der Waals surface area contributed by atoms with E-state index >= 15 is 0 Å². The molecule has 1 amide bonds. The standard InChI is InChI=1S/C24H20ClNO3Se/c1-13-3-6-17-18(7-13)23-15(11-25)12-26(19(23)10-20(17)27)24(28)22-8-14-4-5-16(29-2)9-21(14)30-22/h3-10,15,27H,11-12H2,1-2H3/t15-/m1/s1. The Morgan fingerprint density at radius 3 is 2.80 bits per heavy atom. The van der Waals surface area contributed by atoms with E-state index in [4.69, 9.17) is 16.3 Å². The van der Waals surface area contributed by atoms with Gasteiger partial charge in [0.2, 0.25) is 0 Å². The predicted molar refractivity (Wildman–Crippen MR) is 123 cm³/mol. The fourth-order valence-electron chi connectivity index (χ4n) is 4.28. The van der Waals surface area contributed by atoms with Gasteiger partial charge in [0, 0.05) is 0 Å². The number of hydrogen-bond donors (Lipinski definition) is 1. The van der Waals surface area contributed by atoms with Gasteiger partial charge < -0.3 is 0 Å². The van der Waals surface area contributed by atoms with Crippen molar-refractivity contribution >= 4 is 58.1 Å². The summed E-state index contributed by atoms with van der Waals surface area (Å²) in [5, 5.41) is 13.5. The molecular formula is C24H20ClNO3Se. The van der Waals surface area contributed by atoms with Crippen LogP contribution in [0.3, 0.4) is 0 Å². The van der Waals surface area contributed by atoms with E-state index in [0.29, 0.717) is 12.4 Å². The van der Waals surface area contributed by atoms with Crippen LogP contribution < -0.4 is 9.64 Å². The second-order valence-corrected chi connectivity index (χ2v) is 10.2. The van der Waals surface area contributed by atoms with Crippen molar-refractivity contribution in [3.63, 3.8) is 0 Å². The maximum atomic E-state index is 13.5. The maximum absolute atomic E-state index is 13.5. The molecular weight excluding hydrogens is 465 g/mol. The third-order valence-corrected chi connectivity index (χ3v) is 8.41. The number of halogens is 1. The molecule has 1 N–H and O–H groups in total. The second-order valence-electron chi connectivity index (χ2n) is 7.66. The number of methoxy groups -OCH3 is 1. The number of aryl methyl sites for hydroxylation is 1. The molecule has 0 saturated heterocycles. The van der Waals surface area contributed by atoms with Crippen LogP contribution >= 0.6 is 11.6 Å². The quantitative estimate of drug-likeness (QED) is 0.327. The van der Waals surface area contributed by atoms with Gasteiger partial charge in [-0.25, -0.2) is 0 Å². The first-order valence-electron chi connectivity index (χ1n) is 9.71. The predicted octanol–water partition coefficient (Wildman–Crippen LogP) is 5.06. The van der Waals surface area contributed by atoms with E-state index in [2.05, 4.69) is 6.07 Å². The number of aromatic hydroxyl groups is 1. The van der Waals surface area contributed by atoms with Gasteiger partial charge in [-0.1, -0.05) is 0 Å². The molecule has 0 saturated carbocycles. The minimum atomic E-state index is -0.0876. The Morgan fingerprint density at radius 1 is 1.20 bits per heavy atom. The SMILES string of the molecule is COc1ccc2cc(C(=O)N3C[C@@H](CCl)c4c3cc(O)c3ccc(C)cc43)[se]c2c1. The molecule has 0 radical (unpaired) electrons. The summed E-state index contributed by atoms with van der Waals surface area (Å²) in [6.07, 6.45) is 0. The molecule has 30 heavy (non-hydrogen) atoms. The van der Waals surface area contributed by atoms with Gasteiger partial charge in [0.25, 0.3) is 0 Å². The number of ether oxygens (including phenoxy) is 1. The molecule has 3 aromatic carbocycles. The van der Waals surface area contributed by atoms with E-state index in [9.17, 15) is 9.90 Å². The first-order chi connectivity index (χ1) is 14.5. The van der Waals surface area contributed by atoms with Crippen LogP contribution in [0.15, 0.2) is 48.5 Å². The van der Waals surface area contributed by atoms with Crippen LogP contribution in [-0.2, 0) is 0 Å². The third kappa shape index (κ3) is 3.01. The van der Waals surface area contributed by atoms with Crippen LogP contribution in [0.4, 0.5) is 5.69 Å². The van der Waals surface area contributed by atoms with Gasteiger partial charge >= 0.3 is 186 Å². The van der Waals surface area contributed by atoms with E-state index in [-0.39, 0.29) is 32.1 Å². The van der Waals surface area contributed by atoms with Crippen LogP contribution in [0, 0.1) is 6.92 Å². The van der Waals surface area contributed by atoms with Gasteiger partial charge in [-0.3, -0.25) is 0 Å². The molecule has 1 aromatic heterocycles. The Kier molecular flexibility index (Phi) is 4.78. The van der Waals surface area contributed by atoms with Crippen LogP contribution in [0.1, 0.15) is 26.3 Å². The summed E-state index contributed by atoms with van der Waals surface area (Å²) < 4.78 is 7.27. The first-order valence-corrected chi connectivity index (χ1v) is 12.0. The minimum absolute atomic E-state index is 0.00886. The number of alkyl halides is 1. The molecule has 4 aromatic rings. The molecule has 1 atom stereocenters. The zero-order valence-electron chi connectivity index (χ0n) is 16.6. The zero-order chi connectivity index (χ0) is 21.0. The number of carbonyl (C=O) groups is 1.